The molecule has 0 spiro atoms. The zero-order valence-electron chi connectivity index (χ0n) is 15.1. The Morgan fingerprint density at radius 3 is 2.38 bits per heavy atom. The number of amides is 1. The summed E-state index contributed by atoms with van der Waals surface area (Å²) >= 11 is 0. The maximum Gasteiger partial charge on any atom is 0.241 e. The highest BCUT2D eigenvalue weighted by atomic mass is 32.2. The van der Waals surface area contributed by atoms with Gasteiger partial charge in [0.15, 0.2) is 0 Å². The molecule has 2 aromatic carbocycles. The number of halogens is 1. The number of hydrogen-bond donors (Lipinski definition) is 1. The standard InChI is InChI=1S/C19H23FN2O3S/c1-4-15-8-10-16(11-9-15)14(2)21-19(23)13-22(26(3,24)25)18-7-5-6-17(20)12-18/h5-12,14H,4,13H2,1-3H3,(H,21,23)/t14-/m0/s1. The second-order valence-electron chi connectivity index (χ2n) is 6.13. The van der Waals surface area contributed by atoms with Gasteiger partial charge >= 0.3 is 0 Å². The van der Waals surface area contributed by atoms with Crippen LogP contribution in [-0.2, 0) is 21.2 Å². The van der Waals surface area contributed by atoms with Crippen LogP contribution in [0.25, 0.3) is 0 Å². The van der Waals surface area contributed by atoms with Crippen LogP contribution in [0.3, 0.4) is 0 Å². The molecule has 0 fully saturated rings. The Morgan fingerprint density at radius 2 is 1.85 bits per heavy atom. The number of nitrogens with one attached hydrogen (secondary N) is 1. The van der Waals surface area contributed by atoms with Crippen molar-refractivity contribution in [3.63, 3.8) is 0 Å². The molecule has 0 aliphatic carbocycles. The van der Waals surface area contributed by atoms with Gasteiger partial charge in [-0.2, -0.15) is 0 Å². The van der Waals surface area contributed by atoms with Crippen molar-refractivity contribution in [3.05, 3.63) is 65.5 Å². The Hall–Kier alpha value is -2.41. The first-order valence-corrected chi connectivity index (χ1v) is 10.2. The first-order chi connectivity index (χ1) is 12.2. The van der Waals surface area contributed by atoms with Crippen molar-refractivity contribution in [2.24, 2.45) is 0 Å². The van der Waals surface area contributed by atoms with E-state index in [0.717, 1.165) is 28.6 Å². The lowest BCUT2D eigenvalue weighted by Crippen LogP contribution is -2.41. The maximum atomic E-state index is 13.4. The first kappa shape index (κ1) is 19.9. The third kappa shape index (κ3) is 5.29. The fourth-order valence-corrected chi connectivity index (χ4v) is 3.42. The monoisotopic (exact) mass is 378 g/mol. The number of anilines is 1. The number of nitrogens with zero attached hydrogens (tertiary/aromatic N) is 1. The predicted octanol–water partition coefficient (Wildman–Crippen LogP) is 3.03. The van der Waals surface area contributed by atoms with Crippen LogP contribution in [0, 0.1) is 5.82 Å². The van der Waals surface area contributed by atoms with Gasteiger partial charge in [-0.1, -0.05) is 37.3 Å². The summed E-state index contributed by atoms with van der Waals surface area (Å²) < 4.78 is 38.4. The van der Waals surface area contributed by atoms with Crippen LogP contribution >= 0.6 is 0 Å². The van der Waals surface area contributed by atoms with Gasteiger partial charge in [0, 0.05) is 0 Å². The van der Waals surface area contributed by atoms with E-state index >= 15 is 0 Å². The molecule has 1 atom stereocenters. The quantitative estimate of drug-likeness (QED) is 0.805. The molecule has 5 nitrogen and oxygen atoms in total. The van der Waals surface area contributed by atoms with Gasteiger partial charge < -0.3 is 5.32 Å². The summed E-state index contributed by atoms with van der Waals surface area (Å²) in [6.07, 6.45) is 1.91. The van der Waals surface area contributed by atoms with Crippen LogP contribution in [0.4, 0.5) is 10.1 Å². The number of carbonyl (C=O) groups excluding carboxylic acids is 1. The summed E-state index contributed by atoms with van der Waals surface area (Å²) in [6.45, 7) is 3.47. The van der Waals surface area contributed by atoms with Gasteiger partial charge in [-0.05, 0) is 42.7 Å². The molecule has 1 amide bonds. The fraction of sp³-hybridized carbons (Fsp3) is 0.316. The molecule has 7 heteroatoms. The minimum atomic E-state index is -3.73. The van der Waals surface area contributed by atoms with E-state index in [4.69, 9.17) is 0 Å². The van der Waals surface area contributed by atoms with E-state index in [1.807, 2.05) is 31.2 Å². The molecule has 26 heavy (non-hydrogen) atoms. The predicted molar refractivity (Wildman–Crippen MR) is 101 cm³/mol. The Balaban J connectivity index is 2.11. The third-order valence-electron chi connectivity index (χ3n) is 4.05. The zero-order valence-corrected chi connectivity index (χ0v) is 15.9. The lowest BCUT2D eigenvalue weighted by Gasteiger charge is -2.23. The molecular weight excluding hydrogens is 355 g/mol. The summed E-state index contributed by atoms with van der Waals surface area (Å²) in [5.74, 6) is -1.03. The van der Waals surface area contributed by atoms with Crippen LogP contribution < -0.4 is 9.62 Å². The summed E-state index contributed by atoms with van der Waals surface area (Å²) in [5, 5.41) is 2.78. The van der Waals surface area contributed by atoms with Gasteiger partial charge in [-0.25, -0.2) is 12.8 Å². The Kier molecular flexibility index (Phi) is 6.37. The van der Waals surface area contributed by atoms with Gasteiger partial charge in [0.2, 0.25) is 15.9 Å². The zero-order chi connectivity index (χ0) is 19.3. The molecule has 0 saturated heterocycles. The molecule has 2 rings (SSSR count). The molecule has 0 unspecified atom stereocenters. The molecule has 0 saturated carbocycles. The third-order valence-corrected chi connectivity index (χ3v) is 5.19. The van der Waals surface area contributed by atoms with Crippen molar-refractivity contribution in [3.8, 4) is 0 Å². The topological polar surface area (TPSA) is 66.5 Å². The number of hydrogen-bond acceptors (Lipinski definition) is 3. The Labute approximate surface area is 153 Å². The fourth-order valence-electron chi connectivity index (χ4n) is 2.57. The minimum absolute atomic E-state index is 0.114. The van der Waals surface area contributed by atoms with E-state index in [1.165, 1.54) is 23.8 Å². The molecule has 140 valence electrons. The van der Waals surface area contributed by atoms with Crippen molar-refractivity contribution in [2.45, 2.75) is 26.3 Å². The summed E-state index contributed by atoms with van der Waals surface area (Å²) in [5.41, 5.74) is 2.23. The van der Waals surface area contributed by atoms with E-state index in [2.05, 4.69) is 12.2 Å². The molecule has 0 radical (unpaired) electrons. The maximum absolute atomic E-state index is 13.4. The van der Waals surface area contributed by atoms with Gasteiger partial charge in [0.25, 0.3) is 0 Å². The molecular formula is C19H23FN2O3S. The molecule has 2 aromatic rings. The number of carbonyl (C=O) groups is 1. The highest BCUT2D eigenvalue weighted by molar-refractivity contribution is 7.92. The van der Waals surface area contributed by atoms with Crippen molar-refractivity contribution in [1.29, 1.82) is 0 Å². The molecule has 1 N–H and O–H groups in total. The first-order valence-electron chi connectivity index (χ1n) is 8.32. The normalized spacial score (nSPS) is 12.5. The van der Waals surface area contributed by atoms with Gasteiger partial charge in [-0.3, -0.25) is 9.10 Å². The summed E-state index contributed by atoms with van der Waals surface area (Å²) in [7, 11) is -3.73. The van der Waals surface area contributed by atoms with Crippen molar-refractivity contribution in [1.82, 2.24) is 5.32 Å². The second kappa shape index (κ2) is 8.31. The molecule has 0 heterocycles. The molecule has 0 aliphatic heterocycles. The molecule has 0 aliphatic rings. The Bertz CT molecular complexity index is 867. The van der Waals surface area contributed by atoms with Crippen LogP contribution in [-0.4, -0.2) is 27.1 Å². The second-order valence-corrected chi connectivity index (χ2v) is 8.04. The lowest BCUT2D eigenvalue weighted by atomic mass is 10.1. The average Bonchev–Trinajstić information content (AvgIpc) is 2.58. The SMILES string of the molecule is CCc1ccc([C@H](C)NC(=O)CN(c2cccc(F)c2)S(C)(=O)=O)cc1. The smallest absolute Gasteiger partial charge is 0.241 e. The summed E-state index contributed by atoms with van der Waals surface area (Å²) in [6, 6.07) is 12.7. The van der Waals surface area contributed by atoms with E-state index in [1.54, 1.807) is 0 Å². The van der Waals surface area contributed by atoms with E-state index < -0.39 is 28.3 Å². The van der Waals surface area contributed by atoms with Crippen molar-refractivity contribution >= 4 is 21.6 Å². The highest BCUT2D eigenvalue weighted by Gasteiger charge is 2.22. The van der Waals surface area contributed by atoms with Crippen LogP contribution in [0.15, 0.2) is 48.5 Å². The number of rotatable bonds is 7. The van der Waals surface area contributed by atoms with Gasteiger partial charge in [0.1, 0.15) is 12.4 Å². The number of sulfonamides is 1. The largest absolute Gasteiger partial charge is 0.348 e. The van der Waals surface area contributed by atoms with Crippen LogP contribution in [0.5, 0.6) is 0 Å². The van der Waals surface area contributed by atoms with E-state index in [-0.39, 0.29) is 11.7 Å². The van der Waals surface area contributed by atoms with E-state index in [9.17, 15) is 17.6 Å². The number of aryl methyl sites for hydroxylation is 1. The Morgan fingerprint density at radius 1 is 1.19 bits per heavy atom. The molecule has 0 aromatic heterocycles. The summed E-state index contributed by atoms with van der Waals surface area (Å²) in [4.78, 5) is 12.4. The van der Waals surface area contributed by atoms with Gasteiger partial charge in [0.05, 0.1) is 18.0 Å². The number of benzene rings is 2. The van der Waals surface area contributed by atoms with Gasteiger partial charge in [-0.15, -0.1) is 0 Å². The van der Waals surface area contributed by atoms with E-state index in [0.29, 0.717) is 0 Å². The highest BCUT2D eigenvalue weighted by Crippen LogP contribution is 2.19. The van der Waals surface area contributed by atoms with Crippen LogP contribution in [0.2, 0.25) is 0 Å². The van der Waals surface area contributed by atoms with Crippen LogP contribution in [0.1, 0.15) is 31.0 Å². The lowest BCUT2D eigenvalue weighted by molar-refractivity contribution is -0.120. The van der Waals surface area contributed by atoms with Crippen molar-refractivity contribution < 1.29 is 17.6 Å². The minimum Gasteiger partial charge on any atom is -0.348 e. The average molecular weight is 378 g/mol. The van der Waals surface area contributed by atoms with Crippen molar-refractivity contribution in [2.75, 3.05) is 17.1 Å². The molecule has 0 bridgehead atoms.